The predicted molar refractivity (Wildman–Crippen MR) is 118 cm³/mol. The lowest BCUT2D eigenvalue weighted by molar-refractivity contribution is 0.762. The van der Waals surface area contributed by atoms with Gasteiger partial charge in [0.15, 0.2) is 5.11 Å². The summed E-state index contributed by atoms with van der Waals surface area (Å²) in [4.78, 5) is 0. The third kappa shape index (κ3) is 4.71. The lowest BCUT2D eigenvalue weighted by Gasteiger charge is -2.24. The first-order valence-corrected chi connectivity index (χ1v) is 9.68. The quantitative estimate of drug-likeness (QED) is 0.491. The maximum atomic E-state index is 5.59. The Morgan fingerprint density at radius 3 is 2.38 bits per heavy atom. The maximum Gasteiger partial charge on any atom is 0.171 e. The first-order chi connectivity index (χ1) is 12.5. The van der Waals surface area contributed by atoms with Gasteiger partial charge in [-0.3, -0.25) is 0 Å². The summed E-state index contributed by atoms with van der Waals surface area (Å²) >= 11 is 9.08. The number of halogens is 1. The number of benzene rings is 3. The molecular formula is C22H21BrN2S. The van der Waals surface area contributed by atoms with E-state index in [0.29, 0.717) is 5.11 Å². The highest BCUT2D eigenvalue weighted by Gasteiger charge is 2.17. The van der Waals surface area contributed by atoms with Crippen molar-refractivity contribution in [3.05, 3.63) is 99.5 Å². The van der Waals surface area contributed by atoms with Crippen LogP contribution < -0.4 is 10.6 Å². The molecule has 0 bridgehead atoms. The van der Waals surface area contributed by atoms with Crippen molar-refractivity contribution in [2.75, 3.05) is 5.32 Å². The molecule has 3 aromatic carbocycles. The van der Waals surface area contributed by atoms with Crippen LogP contribution in [0.4, 0.5) is 5.69 Å². The van der Waals surface area contributed by atoms with E-state index in [1.807, 2.05) is 30.3 Å². The van der Waals surface area contributed by atoms with E-state index in [1.165, 1.54) is 22.3 Å². The average Bonchev–Trinajstić information content (AvgIpc) is 2.61. The van der Waals surface area contributed by atoms with Crippen molar-refractivity contribution in [1.82, 2.24) is 5.32 Å². The van der Waals surface area contributed by atoms with Gasteiger partial charge in [0.25, 0.3) is 0 Å². The Balaban J connectivity index is 1.87. The fourth-order valence-corrected chi connectivity index (χ4v) is 3.64. The van der Waals surface area contributed by atoms with Crippen molar-refractivity contribution in [3.8, 4) is 0 Å². The molecule has 0 aromatic heterocycles. The highest BCUT2D eigenvalue weighted by atomic mass is 79.9. The normalized spacial score (nSPS) is 11.7. The van der Waals surface area contributed by atoms with Crippen LogP contribution in [-0.2, 0) is 0 Å². The first kappa shape index (κ1) is 18.6. The molecule has 2 nitrogen and oxygen atoms in total. The number of rotatable bonds is 4. The molecule has 0 aliphatic rings. The molecular weight excluding hydrogens is 404 g/mol. The van der Waals surface area contributed by atoms with Crippen LogP contribution in [0.25, 0.3) is 0 Å². The van der Waals surface area contributed by atoms with Crippen molar-refractivity contribution in [3.63, 3.8) is 0 Å². The smallest absolute Gasteiger partial charge is 0.171 e. The largest absolute Gasteiger partial charge is 0.352 e. The van der Waals surface area contributed by atoms with Crippen LogP contribution in [0.15, 0.2) is 77.3 Å². The molecule has 4 heteroatoms. The number of nitrogens with one attached hydrogen (secondary N) is 2. The van der Waals surface area contributed by atoms with Crippen LogP contribution in [-0.4, -0.2) is 5.11 Å². The van der Waals surface area contributed by atoms with Gasteiger partial charge in [-0.15, -0.1) is 0 Å². The van der Waals surface area contributed by atoms with Gasteiger partial charge in [0.2, 0.25) is 0 Å². The van der Waals surface area contributed by atoms with Crippen molar-refractivity contribution < 1.29 is 0 Å². The summed E-state index contributed by atoms with van der Waals surface area (Å²) in [5.41, 5.74) is 5.85. The van der Waals surface area contributed by atoms with Gasteiger partial charge in [-0.25, -0.2) is 0 Å². The molecule has 0 spiro atoms. The molecule has 0 radical (unpaired) electrons. The molecule has 26 heavy (non-hydrogen) atoms. The van der Waals surface area contributed by atoms with E-state index in [4.69, 9.17) is 12.2 Å². The van der Waals surface area contributed by atoms with Crippen molar-refractivity contribution in [1.29, 1.82) is 0 Å². The standard InChI is InChI=1S/C22H21BrN2S/c1-15-11-12-20(16(2)13-15)21(17-7-4-3-5-8-17)25-22(26)24-19-10-6-9-18(23)14-19/h3-14,21H,1-2H3,(H2,24,25,26)/t21-/m0/s1. The zero-order valence-corrected chi connectivity index (χ0v) is 17.2. The molecule has 0 amide bonds. The zero-order chi connectivity index (χ0) is 18.5. The number of thiocarbonyl (C=S) groups is 1. The molecule has 0 heterocycles. The molecule has 3 aromatic rings. The maximum absolute atomic E-state index is 5.59. The number of anilines is 1. The van der Waals surface area contributed by atoms with Crippen LogP contribution in [0.1, 0.15) is 28.3 Å². The van der Waals surface area contributed by atoms with Gasteiger partial charge in [-0.1, -0.05) is 76.1 Å². The van der Waals surface area contributed by atoms with Gasteiger partial charge in [-0.2, -0.15) is 0 Å². The molecule has 0 fully saturated rings. The molecule has 1 atom stereocenters. The summed E-state index contributed by atoms with van der Waals surface area (Å²) in [5, 5.41) is 7.35. The minimum absolute atomic E-state index is 0.0102. The van der Waals surface area contributed by atoms with Gasteiger partial charge in [0.05, 0.1) is 6.04 Å². The van der Waals surface area contributed by atoms with Crippen LogP contribution >= 0.6 is 28.1 Å². The molecule has 0 unspecified atom stereocenters. The molecule has 3 rings (SSSR count). The number of hydrogen-bond acceptors (Lipinski definition) is 1. The average molecular weight is 425 g/mol. The van der Waals surface area contributed by atoms with Gasteiger partial charge in [0.1, 0.15) is 0 Å². The lowest BCUT2D eigenvalue weighted by atomic mass is 9.94. The second kappa shape index (κ2) is 8.47. The van der Waals surface area contributed by atoms with Crippen LogP contribution in [0.3, 0.4) is 0 Å². The van der Waals surface area contributed by atoms with Gasteiger partial charge < -0.3 is 10.6 Å². The summed E-state index contributed by atoms with van der Waals surface area (Å²) in [6.45, 7) is 4.26. The third-order valence-electron chi connectivity index (χ3n) is 4.23. The second-order valence-electron chi connectivity index (χ2n) is 6.31. The summed E-state index contributed by atoms with van der Waals surface area (Å²) in [7, 11) is 0. The Morgan fingerprint density at radius 1 is 0.923 bits per heavy atom. The highest BCUT2D eigenvalue weighted by molar-refractivity contribution is 9.10. The molecule has 132 valence electrons. The Hall–Kier alpha value is -2.17. The zero-order valence-electron chi connectivity index (χ0n) is 14.8. The van der Waals surface area contributed by atoms with Crippen molar-refractivity contribution in [2.45, 2.75) is 19.9 Å². The van der Waals surface area contributed by atoms with E-state index in [1.54, 1.807) is 0 Å². The van der Waals surface area contributed by atoms with E-state index in [9.17, 15) is 0 Å². The molecule has 0 aliphatic carbocycles. The Morgan fingerprint density at radius 2 is 1.69 bits per heavy atom. The SMILES string of the molecule is Cc1ccc([C@@H](NC(=S)Nc2cccc(Br)c2)c2ccccc2)c(C)c1. The van der Waals surface area contributed by atoms with E-state index in [-0.39, 0.29) is 6.04 Å². The monoisotopic (exact) mass is 424 g/mol. The van der Waals surface area contributed by atoms with E-state index in [0.717, 1.165) is 10.2 Å². The Bertz CT molecular complexity index is 909. The van der Waals surface area contributed by atoms with Crippen molar-refractivity contribution >= 4 is 38.9 Å². The fraction of sp³-hybridized carbons (Fsp3) is 0.136. The van der Waals surface area contributed by atoms with Crippen molar-refractivity contribution in [2.24, 2.45) is 0 Å². The number of hydrogen-bond donors (Lipinski definition) is 2. The van der Waals surface area contributed by atoms with Gasteiger partial charge in [-0.05, 0) is 61.0 Å². The topological polar surface area (TPSA) is 24.1 Å². The summed E-state index contributed by atoms with van der Waals surface area (Å²) in [6, 6.07) is 24.9. The minimum Gasteiger partial charge on any atom is -0.352 e. The predicted octanol–water partition coefficient (Wildman–Crippen LogP) is 6.14. The highest BCUT2D eigenvalue weighted by Crippen LogP contribution is 2.26. The van der Waals surface area contributed by atoms with Gasteiger partial charge >= 0.3 is 0 Å². The van der Waals surface area contributed by atoms with E-state index >= 15 is 0 Å². The molecule has 0 saturated carbocycles. The minimum atomic E-state index is -0.0102. The summed E-state index contributed by atoms with van der Waals surface area (Å²) in [5.74, 6) is 0. The first-order valence-electron chi connectivity index (χ1n) is 8.48. The summed E-state index contributed by atoms with van der Waals surface area (Å²) in [6.07, 6.45) is 0. The molecule has 0 saturated heterocycles. The summed E-state index contributed by atoms with van der Waals surface area (Å²) < 4.78 is 1.01. The Kier molecular flexibility index (Phi) is 6.07. The second-order valence-corrected chi connectivity index (χ2v) is 7.64. The van der Waals surface area contributed by atoms with Gasteiger partial charge in [0, 0.05) is 10.2 Å². The van der Waals surface area contributed by atoms with E-state index in [2.05, 4.69) is 82.9 Å². The molecule has 0 aliphatic heterocycles. The van der Waals surface area contributed by atoms with E-state index < -0.39 is 0 Å². The number of aryl methyl sites for hydroxylation is 2. The van der Waals surface area contributed by atoms with Crippen LogP contribution in [0.2, 0.25) is 0 Å². The third-order valence-corrected chi connectivity index (χ3v) is 4.94. The molecule has 2 N–H and O–H groups in total. The van der Waals surface area contributed by atoms with Crippen LogP contribution in [0.5, 0.6) is 0 Å². The Labute approximate surface area is 168 Å². The fourth-order valence-electron chi connectivity index (χ4n) is 3.00. The lowest BCUT2D eigenvalue weighted by Crippen LogP contribution is -2.33. The van der Waals surface area contributed by atoms with Crippen LogP contribution in [0, 0.1) is 13.8 Å².